The Morgan fingerprint density at radius 3 is 2.57 bits per heavy atom. The van der Waals surface area contributed by atoms with Crippen LogP contribution < -0.4 is 10.6 Å². The first-order valence-corrected chi connectivity index (χ1v) is 5.52. The maximum Gasteiger partial charge on any atom is 0.224 e. The third-order valence-corrected chi connectivity index (χ3v) is 3.81. The number of carbonyl (C=O) groups is 1. The molecule has 3 nitrogen and oxygen atoms in total. The van der Waals surface area contributed by atoms with Crippen molar-refractivity contribution in [2.45, 2.75) is 39.2 Å². The van der Waals surface area contributed by atoms with Crippen LogP contribution >= 0.6 is 0 Å². The van der Waals surface area contributed by atoms with Gasteiger partial charge in [-0.1, -0.05) is 6.92 Å². The molecule has 2 N–H and O–H groups in total. The van der Waals surface area contributed by atoms with E-state index >= 15 is 0 Å². The van der Waals surface area contributed by atoms with E-state index in [0.717, 1.165) is 25.9 Å². The highest BCUT2D eigenvalue weighted by Crippen LogP contribution is 2.55. The molecule has 1 saturated carbocycles. The van der Waals surface area contributed by atoms with Crippen molar-refractivity contribution in [1.29, 1.82) is 0 Å². The lowest BCUT2D eigenvalue weighted by atomic mass is 9.95. The zero-order chi connectivity index (χ0) is 10.4. The topological polar surface area (TPSA) is 41.1 Å². The number of amides is 1. The highest BCUT2D eigenvalue weighted by molar-refractivity contribution is 5.83. The summed E-state index contributed by atoms with van der Waals surface area (Å²) < 4.78 is 0. The lowest BCUT2D eigenvalue weighted by molar-refractivity contribution is -0.125. The van der Waals surface area contributed by atoms with Gasteiger partial charge in [-0.3, -0.25) is 4.79 Å². The van der Waals surface area contributed by atoms with Crippen LogP contribution in [0.25, 0.3) is 0 Å². The van der Waals surface area contributed by atoms with E-state index in [4.69, 9.17) is 0 Å². The Kier molecular flexibility index (Phi) is 2.11. The summed E-state index contributed by atoms with van der Waals surface area (Å²) in [5.74, 6) is 0.549. The van der Waals surface area contributed by atoms with Crippen LogP contribution in [0.4, 0.5) is 0 Å². The van der Waals surface area contributed by atoms with E-state index in [1.807, 2.05) is 0 Å². The molecule has 1 amide bonds. The highest BCUT2D eigenvalue weighted by atomic mass is 16.2. The molecule has 2 fully saturated rings. The molecule has 14 heavy (non-hydrogen) atoms. The van der Waals surface area contributed by atoms with Crippen molar-refractivity contribution in [2.24, 2.45) is 11.3 Å². The van der Waals surface area contributed by atoms with Gasteiger partial charge in [-0.2, -0.15) is 0 Å². The predicted octanol–water partition coefficient (Wildman–Crippen LogP) is 0.901. The third kappa shape index (κ3) is 1.54. The van der Waals surface area contributed by atoms with Crippen LogP contribution in [0, 0.1) is 11.3 Å². The highest BCUT2D eigenvalue weighted by Gasteiger charge is 2.61. The zero-order valence-electron chi connectivity index (χ0n) is 9.31. The normalized spacial score (nSPS) is 28.4. The molecule has 1 aliphatic heterocycles. The molecule has 2 rings (SSSR count). The molecular weight excluding hydrogens is 176 g/mol. The van der Waals surface area contributed by atoms with E-state index in [1.54, 1.807) is 0 Å². The van der Waals surface area contributed by atoms with Crippen LogP contribution in [0.5, 0.6) is 0 Å². The van der Waals surface area contributed by atoms with E-state index in [-0.39, 0.29) is 17.4 Å². The van der Waals surface area contributed by atoms with Gasteiger partial charge >= 0.3 is 0 Å². The van der Waals surface area contributed by atoms with Crippen LogP contribution in [-0.2, 0) is 4.79 Å². The summed E-state index contributed by atoms with van der Waals surface area (Å²) in [6.45, 7) is 8.35. The lowest BCUT2D eigenvalue weighted by Crippen LogP contribution is -2.49. The lowest BCUT2D eigenvalue weighted by Gasteiger charge is -2.30. The zero-order valence-corrected chi connectivity index (χ0v) is 9.31. The van der Waals surface area contributed by atoms with E-state index < -0.39 is 0 Å². The average molecular weight is 196 g/mol. The number of rotatable bonds is 3. The number of carbonyl (C=O) groups excluding carboxylic acids is 1. The van der Waals surface area contributed by atoms with E-state index in [1.165, 1.54) is 0 Å². The molecule has 1 spiro atoms. The largest absolute Gasteiger partial charge is 0.351 e. The molecule has 0 aromatic heterocycles. The molecule has 0 aromatic rings. The maximum atomic E-state index is 11.8. The fourth-order valence-corrected chi connectivity index (χ4v) is 2.06. The average Bonchev–Trinajstić information content (AvgIpc) is 2.77. The fraction of sp³-hybridized carbons (Fsp3) is 0.909. The first-order valence-electron chi connectivity index (χ1n) is 5.52. The Bertz CT molecular complexity index is 256. The van der Waals surface area contributed by atoms with E-state index in [0.29, 0.717) is 5.41 Å². The second kappa shape index (κ2) is 2.96. The van der Waals surface area contributed by atoms with Crippen molar-refractivity contribution in [3.8, 4) is 0 Å². The Hall–Kier alpha value is -0.570. The van der Waals surface area contributed by atoms with Gasteiger partial charge in [-0.25, -0.2) is 0 Å². The molecule has 80 valence electrons. The van der Waals surface area contributed by atoms with Gasteiger partial charge in [0.25, 0.3) is 0 Å². The second-order valence-corrected chi connectivity index (χ2v) is 5.45. The van der Waals surface area contributed by atoms with Gasteiger partial charge < -0.3 is 10.6 Å². The van der Waals surface area contributed by atoms with Crippen LogP contribution in [0.3, 0.4) is 0 Å². The molecule has 0 aromatic carbocycles. The Balaban J connectivity index is 1.86. The van der Waals surface area contributed by atoms with Crippen LogP contribution in [0.15, 0.2) is 0 Å². The van der Waals surface area contributed by atoms with Crippen molar-refractivity contribution < 1.29 is 4.79 Å². The van der Waals surface area contributed by atoms with Crippen molar-refractivity contribution in [3.05, 3.63) is 0 Å². The Morgan fingerprint density at radius 1 is 1.57 bits per heavy atom. The van der Waals surface area contributed by atoms with Gasteiger partial charge in [-0.15, -0.1) is 0 Å². The SMILES string of the molecule is CCC(C)(C)NC(=O)C1CC12CNC2. The van der Waals surface area contributed by atoms with E-state index in [9.17, 15) is 4.79 Å². The molecule has 1 unspecified atom stereocenters. The minimum atomic E-state index is -0.0436. The summed E-state index contributed by atoms with van der Waals surface area (Å²) in [4.78, 5) is 11.8. The maximum absolute atomic E-state index is 11.8. The predicted molar refractivity (Wildman–Crippen MR) is 55.9 cm³/mol. The molecule has 2 aliphatic rings. The van der Waals surface area contributed by atoms with Gasteiger partial charge in [0, 0.05) is 30.0 Å². The smallest absolute Gasteiger partial charge is 0.224 e. The molecule has 0 radical (unpaired) electrons. The molecular formula is C11H20N2O. The fourth-order valence-electron chi connectivity index (χ4n) is 2.06. The summed E-state index contributed by atoms with van der Waals surface area (Å²) in [5.41, 5.74) is 0.311. The first kappa shape index (κ1) is 9.97. The van der Waals surface area contributed by atoms with E-state index in [2.05, 4.69) is 31.4 Å². The van der Waals surface area contributed by atoms with Crippen LogP contribution in [-0.4, -0.2) is 24.5 Å². The minimum absolute atomic E-state index is 0.0436. The van der Waals surface area contributed by atoms with Crippen molar-refractivity contribution >= 4 is 5.91 Å². The van der Waals surface area contributed by atoms with Crippen molar-refractivity contribution in [2.75, 3.05) is 13.1 Å². The number of hydrogen-bond donors (Lipinski definition) is 2. The standard InChI is InChI=1S/C11H20N2O/c1-4-10(2,3)13-9(14)8-5-11(8)6-12-7-11/h8,12H,4-7H2,1-3H3,(H,13,14). The van der Waals surface area contributed by atoms with Gasteiger partial charge in [0.15, 0.2) is 0 Å². The summed E-state index contributed by atoms with van der Waals surface area (Å²) in [5, 5.41) is 6.37. The van der Waals surface area contributed by atoms with Gasteiger partial charge in [0.1, 0.15) is 0 Å². The summed E-state index contributed by atoms with van der Waals surface area (Å²) >= 11 is 0. The molecule has 1 atom stereocenters. The number of nitrogens with one attached hydrogen (secondary N) is 2. The Labute approximate surface area is 85.6 Å². The van der Waals surface area contributed by atoms with Crippen LogP contribution in [0.2, 0.25) is 0 Å². The molecule has 3 heteroatoms. The number of hydrogen-bond acceptors (Lipinski definition) is 2. The summed E-state index contributed by atoms with van der Waals surface area (Å²) in [7, 11) is 0. The molecule has 0 bridgehead atoms. The van der Waals surface area contributed by atoms with Gasteiger partial charge in [0.2, 0.25) is 5.91 Å². The minimum Gasteiger partial charge on any atom is -0.351 e. The second-order valence-electron chi connectivity index (χ2n) is 5.45. The van der Waals surface area contributed by atoms with Gasteiger partial charge in [0.05, 0.1) is 0 Å². The summed E-state index contributed by atoms with van der Waals surface area (Å²) in [6.07, 6.45) is 2.07. The monoisotopic (exact) mass is 196 g/mol. The van der Waals surface area contributed by atoms with Crippen molar-refractivity contribution in [3.63, 3.8) is 0 Å². The molecule has 1 aliphatic carbocycles. The Morgan fingerprint density at radius 2 is 2.21 bits per heavy atom. The first-order chi connectivity index (χ1) is 6.49. The third-order valence-electron chi connectivity index (χ3n) is 3.81. The molecule has 1 heterocycles. The summed E-state index contributed by atoms with van der Waals surface area (Å²) in [6, 6.07) is 0. The molecule has 1 saturated heterocycles. The van der Waals surface area contributed by atoms with Gasteiger partial charge in [-0.05, 0) is 26.7 Å². The van der Waals surface area contributed by atoms with Crippen molar-refractivity contribution in [1.82, 2.24) is 10.6 Å². The van der Waals surface area contributed by atoms with Crippen LogP contribution in [0.1, 0.15) is 33.6 Å². The quantitative estimate of drug-likeness (QED) is 0.704.